The SMILES string of the molecule is CCc1cc(CNC(C)C2CC2)n(C)n1. The highest BCUT2D eigenvalue weighted by Gasteiger charge is 2.27. The lowest BCUT2D eigenvalue weighted by atomic mass is 10.2. The topological polar surface area (TPSA) is 29.9 Å². The fraction of sp³-hybridized carbons (Fsp3) is 0.750. The summed E-state index contributed by atoms with van der Waals surface area (Å²) in [5.41, 5.74) is 2.48. The first kappa shape index (κ1) is 10.7. The van der Waals surface area contributed by atoms with E-state index in [1.165, 1.54) is 24.2 Å². The zero-order valence-corrected chi connectivity index (χ0v) is 9.95. The summed E-state index contributed by atoms with van der Waals surface area (Å²) in [5.74, 6) is 0.920. The second-order valence-electron chi connectivity index (χ2n) is 4.61. The van der Waals surface area contributed by atoms with Crippen LogP contribution in [0.25, 0.3) is 0 Å². The molecule has 0 bridgehead atoms. The Morgan fingerprint density at radius 2 is 2.33 bits per heavy atom. The van der Waals surface area contributed by atoms with Gasteiger partial charge < -0.3 is 5.32 Å². The lowest BCUT2D eigenvalue weighted by Crippen LogP contribution is -2.28. The Balaban J connectivity index is 1.88. The van der Waals surface area contributed by atoms with Gasteiger partial charge in [-0.25, -0.2) is 0 Å². The van der Waals surface area contributed by atoms with Crippen molar-refractivity contribution < 1.29 is 0 Å². The van der Waals surface area contributed by atoms with Crippen molar-refractivity contribution in [3.63, 3.8) is 0 Å². The van der Waals surface area contributed by atoms with Gasteiger partial charge in [0, 0.05) is 19.6 Å². The summed E-state index contributed by atoms with van der Waals surface area (Å²) >= 11 is 0. The first-order valence-corrected chi connectivity index (χ1v) is 5.96. The molecule has 3 heteroatoms. The average Bonchev–Trinajstić information content (AvgIpc) is 3.00. The van der Waals surface area contributed by atoms with Crippen LogP contribution in [0, 0.1) is 5.92 Å². The molecule has 0 aromatic carbocycles. The standard InChI is InChI=1S/C12H21N3/c1-4-11-7-12(15(3)14-11)8-13-9(2)10-5-6-10/h7,9-10,13H,4-6,8H2,1-3H3. The minimum atomic E-state index is 0.657. The van der Waals surface area contributed by atoms with Gasteiger partial charge in [0.25, 0.3) is 0 Å². The molecule has 1 unspecified atom stereocenters. The molecule has 1 heterocycles. The van der Waals surface area contributed by atoms with E-state index in [2.05, 4.69) is 30.3 Å². The fourth-order valence-electron chi connectivity index (χ4n) is 1.94. The molecule has 0 radical (unpaired) electrons. The van der Waals surface area contributed by atoms with Crippen LogP contribution >= 0.6 is 0 Å². The van der Waals surface area contributed by atoms with Gasteiger partial charge in [0.15, 0.2) is 0 Å². The maximum Gasteiger partial charge on any atom is 0.0625 e. The first-order valence-electron chi connectivity index (χ1n) is 5.96. The number of nitrogens with zero attached hydrogens (tertiary/aromatic N) is 2. The summed E-state index contributed by atoms with van der Waals surface area (Å²) in [6.45, 7) is 5.38. The monoisotopic (exact) mass is 207 g/mol. The predicted octanol–water partition coefficient (Wildman–Crippen LogP) is 1.87. The highest BCUT2D eigenvalue weighted by Crippen LogP contribution is 2.32. The summed E-state index contributed by atoms with van der Waals surface area (Å²) in [6.07, 6.45) is 3.82. The summed E-state index contributed by atoms with van der Waals surface area (Å²) in [5, 5.41) is 8.02. The van der Waals surface area contributed by atoms with Gasteiger partial charge in [0.1, 0.15) is 0 Å². The third-order valence-electron chi connectivity index (χ3n) is 3.32. The van der Waals surface area contributed by atoms with Crippen LogP contribution in [-0.4, -0.2) is 15.8 Å². The van der Waals surface area contributed by atoms with E-state index in [9.17, 15) is 0 Å². The normalized spacial score (nSPS) is 18.1. The van der Waals surface area contributed by atoms with Crippen LogP contribution in [-0.2, 0) is 20.0 Å². The molecular weight excluding hydrogens is 186 g/mol. The van der Waals surface area contributed by atoms with Crippen LogP contribution in [0.5, 0.6) is 0 Å². The van der Waals surface area contributed by atoms with Crippen molar-refractivity contribution in [1.82, 2.24) is 15.1 Å². The number of hydrogen-bond acceptors (Lipinski definition) is 2. The lowest BCUT2D eigenvalue weighted by Gasteiger charge is -2.12. The van der Waals surface area contributed by atoms with E-state index in [0.717, 1.165) is 18.9 Å². The first-order chi connectivity index (χ1) is 7.20. The molecule has 3 nitrogen and oxygen atoms in total. The van der Waals surface area contributed by atoms with Gasteiger partial charge in [0.2, 0.25) is 0 Å². The highest BCUT2D eigenvalue weighted by atomic mass is 15.3. The van der Waals surface area contributed by atoms with Crippen molar-refractivity contribution >= 4 is 0 Å². The molecule has 1 aliphatic carbocycles. The molecule has 1 fully saturated rings. The smallest absolute Gasteiger partial charge is 0.0625 e. The minimum Gasteiger partial charge on any atom is -0.308 e. The number of rotatable bonds is 5. The Hall–Kier alpha value is -0.830. The van der Waals surface area contributed by atoms with Crippen LogP contribution in [0.1, 0.15) is 38.1 Å². The second kappa shape index (κ2) is 4.35. The molecule has 0 amide bonds. The van der Waals surface area contributed by atoms with Crippen molar-refractivity contribution in [1.29, 1.82) is 0 Å². The zero-order chi connectivity index (χ0) is 10.8. The molecule has 84 valence electrons. The quantitative estimate of drug-likeness (QED) is 0.799. The number of aromatic nitrogens is 2. The van der Waals surface area contributed by atoms with E-state index >= 15 is 0 Å². The molecule has 0 spiro atoms. The molecule has 1 atom stereocenters. The Labute approximate surface area is 91.9 Å². The predicted molar refractivity (Wildman–Crippen MR) is 61.6 cm³/mol. The molecule has 1 saturated carbocycles. The van der Waals surface area contributed by atoms with E-state index in [0.29, 0.717) is 6.04 Å². The minimum absolute atomic E-state index is 0.657. The van der Waals surface area contributed by atoms with Gasteiger partial charge in [-0.1, -0.05) is 6.92 Å². The number of nitrogens with one attached hydrogen (secondary N) is 1. The molecule has 0 aliphatic heterocycles. The second-order valence-corrected chi connectivity index (χ2v) is 4.61. The average molecular weight is 207 g/mol. The number of aryl methyl sites for hydroxylation is 2. The molecule has 15 heavy (non-hydrogen) atoms. The van der Waals surface area contributed by atoms with Crippen LogP contribution in [0.4, 0.5) is 0 Å². The van der Waals surface area contributed by atoms with Gasteiger partial charge >= 0.3 is 0 Å². The van der Waals surface area contributed by atoms with Crippen molar-refractivity contribution in [2.75, 3.05) is 0 Å². The van der Waals surface area contributed by atoms with E-state index in [1.54, 1.807) is 0 Å². The van der Waals surface area contributed by atoms with Crippen molar-refractivity contribution in [2.45, 2.75) is 45.7 Å². The Bertz CT molecular complexity index is 326. The Kier molecular flexibility index (Phi) is 3.10. The van der Waals surface area contributed by atoms with E-state index in [1.807, 2.05) is 11.7 Å². The summed E-state index contributed by atoms with van der Waals surface area (Å²) in [4.78, 5) is 0. The molecule has 1 aliphatic rings. The van der Waals surface area contributed by atoms with Crippen LogP contribution < -0.4 is 5.32 Å². The molecule has 1 N–H and O–H groups in total. The number of hydrogen-bond donors (Lipinski definition) is 1. The molecule has 1 aromatic rings. The highest BCUT2D eigenvalue weighted by molar-refractivity contribution is 5.10. The van der Waals surface area contributed by atoms with Gasteiger partial charge in [-0.05, 0) is 38.2 Å². The van der Waals surface area contributed by atoms with Crippen molar-refractivity contribution in [3.8, 4) is 0 Å². The Morgan fingerprint density at radius 1 is 1.60 bits per heavy atom. The van der Waals surface area contributed by atoms with E-state index in [-0.39, 0.29) is 0 Å². The molecule has 0 saturated heterocycles. The van der Waals surface area contributed by atoms with E-state index in [4.69, 9.17) is 0 Å². The zero-order valence-electron chi connectivity index (χ0n) is 9.95. The lowest BCUT2D eigenvalue weighted by molar-refractivity contribution is 0.483. The van der Waals surface area contributed by atoms with Gasteiger partial charge in [-0.15, -0.1) is 0 Å². The van der Waals surface area contributed by atoms with Crippen molar-refractivity contribution in [2.24, 2.45) is 13.0 Å². The van der Waals surface area contributed by atoms with Crippen LogP contribution in [0.15, 0.2) is 6.07 Å². The summed E-state index contributed by atoms with van der Waals surface area (Å²) < 4.78 is 1.99. The molecule has 2 rings (SSSR count). The maximum atomic E-state index is 4.44. The van der Waals surface area contributed by atoms with E-state index < -0.39 is 0 Å². The van der Waals surface area contributed by atoms with Gasteiger partial charge in [-0.2, -0.15) is 5.10 Å². The molecule has 1 aromatic heterocycles. The summed E-state index contributed by atoms with van der Waals surface area (Å²) in [6, 6.07) is 2.86. The van der Waals surface area contributed by atoms with Gasteiger partial charge in [0.05, 0.1) is 11.4 Å². The fourth-order valence-corrected chi connectivity index (χ4v) is 1.94. The third kappa shape index (κ3) is 2.59. The van der Waals surface area contributed by atoms with Crippen molar-refractivity contribution in [3.05, 3.63) is 17.5 Å². The van der Waals surface area contributed by atoms with Crippen LogP contribution in [0.3, 0.4) is 0 Å². The van der Waals surface area contributed by atoms with Gasteiger partial charge in [-0.3, -0.25) is 4.68 Å². The largest absolute Gasteiger partial charge is 0.308 e. The summed E-state index contributed by atoms with van der Waals surface area (Å²) in [7, 11) is 2.03. The molecular formula is C12H21N3. The Morgan fingerprint density at radius 3 is 2.87 bits per heavy atom. The maximum absolute atomic E-state index is 4.44. The third-order valence-corrected chi connectivity index (χ3v) is 3.32. The van der Waals surface area contributed by atoms with Crippen LogP contribution in [0.2, 0.25) is 0 Å².